The van der Waals surface area contributed by atoms with E-state index in [4.69, 9.17) is 9.47 Å². The Morgan fingerprint density at radius 3 is 1.76 bits per heavy atom. The maximum absolute atomic E-state index is 5.98. The van der Waals surface area contributed by atoms with Crippen LogP contribution in [0.5, 0.6) is 0 Å². The van der Waals surface area contributed by atoms with Crippen molar-refractivity contribution in [2.24, 2.45) is 5.41 Å². The summed E-state index contributed by atoms with van der Waals surface area (Å²) in [5.74, 6) is 0. The average molecular weight is 336 g/mol. The summed E-state index contributed by atoms with van der Waals surface area (Å²) in [4.78, 5) is 0. The number of hydrogen-bond donors (Lipinski definition) is 0. The Bertz CT molecular complexity index is 586. The fourth-order valence-electron chi connectivity index (χ4n) is 2.59. The van der Waals surface area contributed by atoms with Crippen LogP contribution >= 0.6 is 0 Å². The predicted octanol–water partition coefficient (Wildman–Crippen LogP) is 5.56. The number of rotatable bonds is 11. The van der Waals surface area contributed by atoms with Crippen LogP contribution < -0.4 is 0 Å². The largest absolute Gasteiger partial charge is 0.376 e. The monoisotopic (exact) mass is 336 g/mol. The molecule has 0 heterocycles. The summed E-state index contributed by atoms with van der Waals surface area (Å²) in [5, 5.41) is 0. The van der Waals surface area contributed by atoms with Crippen LogP contribution in [0, 0.1) is 5.41 Å². The summed E-state index contributed by atoms with van der Waals surface area (Å²) in [7, 11) is 0. The third-order valence-electron chi connectivity index (χ3n) is 4.01. The normalized spacial score (nSPS) is 11.7. The lowest BCUT2D eigenvalue weighted by Crippen LogP contribution is -2.28. The van der Waals surface area contributed by atoms with Crippen molar-refractivity contribution in [3.63, 3.8) is 0 Å². The number of benzene rings is 2. The van der Waals surface area contributed by atoms with Gasteiger partial charge in [-0.15, -0.1) is 0 Å². The molecule has 2 nitrogen and oxygen atoms in total. The molecule has 0 amide bonds. The van der Waals surface area contributed by atoms with Gasteiger partial charge in [0.2, 0.25) is 0 Å². The number of hydrogen-bond acceptors (Lipinski definition) is 2. The lowest BCUT2D eigenvalue weighted by molar-refractivity contribution is -0.0222. The van der Waals surface area contributed by atoms with E-state index in [1.54, 1.807) is 6.08 Å². The molecule has 0 aliphatic carbocycles. The molecule has 0 saturated carbocycles. The fraction of sp³-hybridized carbons (Fsp3) is 0.304. The van der Waals surface area contributed by atoms with Crippen LogP contribution in [-0.2, 0) is 22.7 Å². The Balaban J connectivity index is 1.85. The van der Waals surface area contributed by atoms with E-state index in [1.165, 1.54) is 11.1 Å². The fourth-order valence-corrected chi connectivity index (χ4v) is 2.59. The van der Waals surface area contributed by atoms with Crippen molar-refractivity contribution in [1.82, 2.24) is 0 Å². The number of allylic oxidation sites excluding steroid dienone is 3. The molecular weight excluding hydrogens is 308 g/mol. The molecule has 0 aromatic heterocycles. The lowest BCUT2D eigenvalue weighted by Gasteiger charge is -2.28. The van der Waals surface area contributed by atoms with Gasteiger partial charge in [-0.25, -0.2) is 0 Å². The first kappa shape index (κ1) is 19.2. The highest BCUT2D eigenvalue weighted by Crippen LogP contribution is 2.24. The van der Waals surface area contributed by atoms with E-state index in [9.17, 15) is 0 Å². The van der Waals surface area contributed by atoms with E-state index in [-0.39, 0.29) is 5.41 Å². The molecule has 0 spiro atoms. The Morgan fingerprint density at radius 2 is 1.32 bits per heavy atom. The topological polar surface area (TPSA) is 18.5 Å². The lowest BCUT2D eigenvalue weighted by atomic mass is 9.88. The molecule has 0 radical (unpaired) electrons. The van der Waals surface area contributed by atoms with Gasteiger partial charge >= 0.3 is 0 Å². The summed E-state index contributed by atoms with van der Waals surface area (Å²) < 4.78 is 12.0. The van der Waals surface area contributed by atoms with Gasteiger partial charge in [0.1, 0.15) is 0 Å². The molecule has 0 bridgehead atoms. The van der Waals surface area contributed by atoms with Crippen LogP contribution in [0.2, 0.25) is 0 Å². The second-order valence-corrected chi connectivity index (χ2v) is 6.64. The molecule has 2 heteroatoms. The zero-order valence-corrected chi connectivity index (χ0v) is 15.1. The second-order valence-electron chi connectivity index (χ2n) is 6.64. The third-order valence-corrected chi connectivity index (χ3v) is 4.01. The molecule has 0 N–H and O–H groups in total. The zero-order chi connectivity index (χ0) is 17.8. The van der Waals surface area contributed by atoms with Gasteiger partial charge in [0.15, 0.2) is 0 Å². The highest BCUT2D eigenvalue weighted by molar-refractivity contribution is 5.14. The quantitative estimate of drug-likeness (QED) is 0.500. The molecule has 0 aliphatic heterocycles. The van der Waals surface area contributed by atoms with Gasteiger partial charge in [-0.3, -0.25) is 0 Å². The molecule has 0 atom stereocenters. The molecule has 0 aliphatic rings. The molecule has 0 saturated heterocycles. The molecule has 2 aromatic rings. The highest BCUT2D eigenvalue weighted by atomic mass is 16.5. The van der Waals surface area contributed by atoms with Crippen LogP contribution in [0.1, 0.15) is 24.5 Å². The highest BCUT2D eigenvalue weighted by Gasteiger charge is 2.24. The zero-order valence-electron chi connectivity index (χ0n) is 15.1. The Morgan fingerprint density at radius 1 is 0.840 bits per heavy atom. The van der Waals surface area contributed by atoms with Crippen molar-refractivity contribution >= 4 is 0 Å². The molecule has 2 rings (SSSR count). The maximum atomic E-state index is 5.98. The van der Waals surface area contributed by atoms with Gasteiger partial charge in [0.05, 0.1) is 26.4 Å². The standard InChI is InChI=1S/C23H28O2/c1-3-4-11-16-23(2,19-24-17-21-12-7-5-8-13-21)20-25-18-22-14-9-6-10-15-22/h3-15H,1,16-20H2,2H3/b11-4-. The van der Waals surface area contributed by atoms with Gasteiger partial charge in [0.25, 0.3) is 0 Å². The molecule has 132 valence electrons. The predicted molar refractivity (Wildman–Crippen MR) is 104 cm³/mol. The van der Waals surface area contributed by atoms with E-state index in [0.29, 0.717) is 26.4 Å². The van der Waals surface area contributed by atoms with Gasteiger partial charge in [-0.1, -0.05) is 92.4 Å². The molecule has 0 fully saturated rings. The van der Waals surface area contributed by atoms with Crippen LogP contribution in [0.4, 0.5) is 0 Å². The molecule has 2 aromatic carbocycles. The summed E-state index contributed by atoms with van der Waals surface area (Å²) in [6.07, 6.45) is 6.80. The first-order valence-corrected chi connectivity index (χ1v) is 8.73. The van der Waals surface area contributed by atoms with Crippen molar-refractivity contribution in [1.29, 1.82) is 0 Å². The molecular formula is C23H28O2. The SMILES string of the molecule is C=C/C=C\CC(C)(COCc1ccccc1)COCc1ccccc1. The van der Waals surface area contributed by atoms with Gasteiger partial charge in [0, 0.05) is 5.41 Å². The summed E-state index contributed by atoms with van der Waals surface area (Å²) >= 11 is 0. The minimum Gasteiger partial charge on any atom is -0.376 e. The van der Waals surface area contributed by atoms with Crippen LogP contribution in [-0.4, -0.2) is 13.2 Å². The molecule has 0 unspecified atom stereocenters. The van der Waals surface area contributed by atoms with Gasteiger partial charge in [-0.05, 0) is 17.5 Å². The second kappa shape index (κ2) is 10.7. The summed E-state index contributed by atoms with van der Waals surface area (Å²) in [5.41, 5.74) is 2.32. The van der Waals surface area contributed by atoms with E-state index in [2.05, 4.69) is 43.8 Å². The van der Waals surface area contributed by atoms with Crippen molar-refractivity contribution in [3.05, 3.63) is 96.6 Å². The van der Waals surface area contributed by atoms with Crippen molar-refractivity contribution in [2.45, 2.75) is 26.6 Å². The Hall–Kier alpha value is -2.16. The average Bonchev–Trinajstić information content (AvgIpc) is 2.64. The van der Waals surface area contributed by atoms with Crippen molar-refractivity contribution in [2.75, 3.05) is 13.2 Å². The minimum absolute atomic E-state index is 0.0664. The Labute approximate surface area is 151 Å². The van der Waals surface area contributed by atoms with Crippen LogP contribution in [0.25, 0.3) is 0 Å². The molecule has 25 heavy (non-hydrogen) atoms. The van der Waals surface area contributed by atoms with Crippen molar-refractivity contribution in [3.8, 4) is 0 Å². The first-order valence-electron chi connectivity index (χ1n) is 8.73. The Kier molecular flexibility index (Phi) is 8.17. The van der Waals surface area contributed by atoms with Gasteiger partial charge < -0.3 is 9.47 Å². The third kappa shape index (κ3) is 7.51. The summed E-state index contributed by atoms with van der Waals surface area (Å²) in [6.45, 7) is 8.49. The summed E-state index contributed by atoms with van der Waals surface area (Å²) in [6, 6.07) is 20.5. The van der Waals surface area contributed by atoms with Crippen LogP contribution in [0.3, 0.4) is 0 Å². The maximum Gasteiger partial charge on any atom is 0.0717 e. The van der Waals surface area contributed by atoms with E-state index in [1.807, 2.05) is 42.5 Å². The smallest absolute Gasteiger partial charge is 0.0717 e. The van der Waals surface area contributed by atoms with Crippen LogP contribution in [0.15, 0.2) is 85.5 Å². The van der Waals surface area contributed by atoms with E-state index < -0.39 is 0 Å². The van der Waals surface area contributed by atoms with E-state index >= 15 is 0 Å². The van der Waals surface area contributed by atoms with E-state index in [0.717, 1.165) is 6.42 Å². The van der Waals surface area contributed by atoms with Gasteiger partial charge in [-0.2, -0.15) is 0 Å². The minimum atomic E-state index is -0.0664. The first-order chi connectivity index (χ1) is 12.2. The van der Waals surface area contributed by atoms with Crippen molar-refractivity contribution < 1.29 is 9.47 Å². The number of ether oxygens (including phenoxy) is 2.